The minimum absolute atomic E-state index is 0. The summed E-state index contributed by atoms with van der Waals surface area (Å²) in [6, 6.07) is 13.3. The van der Waals surface area contributed by atoms with Gasteiger partial charge in [0.1, 0.15) is 0 Å². The average molecular weight is 492 g/mol. The predicted molar refractivity (Wildman–Crippen MR) is 81.5 cm³/mol. The molecule has 0 nitrogen and oxygen atoms in total. The van der Waals surface area contributed by atoms with E-state index in [-0.39, 0.29) is 50.7 Å². The summed E-state index contributed by atoms with van der Waals surface area (Å²) < 4.78 is 0. The van der Waals surface area contributed by atoms with Gasteiger partial charge in [-0.1, -0.05) is 53.4 Å². The average Bonchev–Trinajstić information content (AvgIpc) is 2.90. The SMILES string of the molecule is CCCc1cc[c-](C)c1.CCCc1cc[c-](C)c1.[Cl-].[Cl-].[Hf+4]. The Balaban J connectivity index is -0.000000270. The Morgan fingerprint density at radius 1 is 0.762 bits per heavy atom. The molecule has 116 valence electrons. The van der Waals surface area contributed by atoms with E-state index in [1.165, 1.54) is 47.9 Å². The molecule has 0 radical (unpaired) electrons. The van der Waals surface area contributed by atoms with Crippen molar-refractivity contribution in [2.45, 2.75) is 53.4 Å². The van der Waals surface area contributed by atoms with E-state index in [4.69, 9.17) is 0 Å². The molecule has 2 aromatic carbocycles. The van der Waals surface area contributed by atoms with Crippen LogP contribution in [0.3, 0.4) is 0 Å². The molecular weight excluding hydrogens is 466 g/mol. The van der Waals surface area contributed by atoms with E-state index in [2.05, 4.69) is 64.1 Å². The molecule has 0 fully saturated rings. The van der Waals surface area contributed by atoms with Crippen LogP contribution in [0.2, 0.25) is 0 Å². The molecule has 0 spiro atoms. The zero-order chi connectivity index (χ0) is 13.4. The monoisotopic (exact) mass is 492 g/mol. The Morgan fingerprint density at radius 3 is 1.29 bits per heavy atom. The van der Waals surface area contributed by atoms with Gasteiger partial charge in [0.15, 0.2) is 0 Å². The number of hydrogen-bond acceptors (Lipinski definition) is 0. The van der Waals surface area contributed by atoms with Crippen LogP contribution in [0.15, 0.2) is 36.4 Å². The molecule has 21 heavy (non-hydrogen) atoms. The molecule has 0 bridgehead atoms. The van der Waals surface area contributed by atoms with Crippen LogP contribution in [0.5, 0.6) is 0 Å². The molecule has 0 atom stereocenters. The van der Waals surface area contributed by atoms with Crippen LogP contribution >= 0.6 is 0 Å². The summed E-state index contributed by atoms with van der Waals surface area (Å²) in [5, 5.41) is 0. The van der Waals surface area contributed by atoms with Gasteiger partial charge >= 0.3 is 25.8 Å². The minimum Gasteiger partial charge on any atom is -1.00 e. The van der Waals surface area contributed by atoms with Crippen molar-refractivity contribution in [3.05, 3.63) is 58.7 Å². The van der Waals surface area contributed by atoms with Crippen LogP contribution < -0.4 is 24.8 Å². The quantitative estimate of drug-likeness (QED) is 0.394. The number of aryl methyl sites for hydroxylation is 4. The van der Waals surface area contributed by atoms with Gasteiger partial charge in [0, 0.05) is 0 Å². The van der Waals surface area contributed by atoms with Crippen molar-refractivity contribution < 1.29 is 50.7 Å². The summed E-state index contributed by atoms with van der Waals surface area (Å²) in [6.45, 7) is 8.70. The first-order valence-electron chi connectivity index (χ1n) is 7.10. The molecule has 0 saturated heterocycles. The van der Waals surface area contributed by atoms with Crippen molar-refractivity contribution >= 4 is 0 Å². The molecule has 0 heterocycles. The fourth-order valence-corrected chi connectivity index (χ4v) is 2.14. The van der Waals surface area contributed by atoms with Crippen LogP contribution in [-0.2, 0) is 38.7 Å². The van der Waals surface area contributed by atoms with Crippen LogP contribution in [-0.4, -0.2) is 0 Å². The third kappa shape index (κ3) is 11.4. The summed E-state index contributed by atoms with van der Waals surface area (Å²) in [5.41, 5.74) is 5.74. The second kappa shape index (κ2) is 15.1. The van der Waals surface area contributed by atoms with E-state index in [9.17, 15) is 0 Å². The van der Waals surface area contributed by atoms with Gasteiger partial charge in [0.2, 0.25) is 0 Å². The van der Waals surface area contributed by atoms with Crippen molar-refractivity contribution in [3.63, 3.8) is 0 Å². The summed E-state index contributed by atoms with van der Waals surface area (Å²) in [5.74, 6) is 0. The van der Waals surface area contributed by atoms with Gasteiger partial charge < -0.3 is 24.8 Å². The minimum atomic E-state index is 0. The topological polar surface area (TPSA) is 0 Å². The van der Waals surface area contributed by atoms with Crippen molar-refractivity contribution in [3.8, 4) is 0 Å². The summed E-state index contributed by atoms with van der Waals surface area (Å²) >= 11 is 0. The molecule has 0 amide bonds. The van der Waals surface area contributed by atoms with Crippen molar-refractivity contribution in [2.75, 3.05) is 0 Å². The predicted octanol–water partition coefficient (Wildman–Crippen LogP) is -0.662. The van der Waals surface area contributed by atoms with E-state index in [0.29, 0.717) is 0 Å². The normalized spacial score (nSPS) is 8.57. The smallest absolute Gasteiger partial charge is 1.00 e. The molecule has 0 aromatic heterocycles. The van der Waals surface area contributed by atoms with Crippen LogP contribution in [0, 0.1) is 13.8 Å². The Bertz CT molecular complexity index is 401. The zero-order valence-corrected chi connectivity index (χ0v) is 18.7. The molecule has 2 aromatic rings. The first-order chi connectivity index (χ1) is 8.65. The van der Waals surface area contributed by atoms with E-state index >= 15 is 0 Å². The van der Waals surface area contributed by atoms with E-state index in [1.54, 1.807) is 0 Å². The van der Waals surface area contributed by atoms with Gasteiger partial charge in [0.05, 0.1) is 0 Å². The van der Waals surface area contributed by atoms with E-state index < -0.39 is 0 Å². The standard InChI is InChI=1S/2C9H13.2ClH.Hf/c2*1-3-4-9-6-5-8(2)7-9;;;/h2*5-7H,3-4H2,1-2H3;2*1H;/q2*-1;;;+4/p-2. The molecule has 0 saturated carbocycles. The molecular formula is C18H26Cl2Hf. The number of rotatable bonds is 4. The third-order valence-electron chi connectivity index (χ3n) is 3.02. The summed E-state index contributed by atoms with van der Waals surface area (Å²) in [7, 11) is 0. The molecule has 0 N–H and O–H groups in total. The maximum absolute atomic E-state index is 2.25. The summed E-state index contributed by atoms with van der Waals surface area (Å²) in [4.78, 5) is 0. The molecule has 3 heteroatoms. The Morgan fingerprint density at radius 2 is 1.10 bits per heavy atom. The van der Waals surface area contributed by atoms with Gasteiger partial charge in [-0.25, -0.2) is 12.1 Å². The van der Waals surface area contributed by atoms with Gasteiger partial charge in [-0.05, 0) is 0 Å². The Labute approximate surface area is 162 Å². The maximum atomic E-state index is 2.25. The second-order valence-electron chi connectivity index (χ2n) is 5.09. The van der Waals surface area contributed by atoms with Gasteiger partial charge in [-0.2, -0.15) is 46.5 Å². The molecule has 0 aliphatic carbocycles. The fraction of sp³-hybridized carbons (Fsp3) is 0.444. The van der Waals surface area contributed by atoms with E-state index in [0.717, 1.165) is 0 Å². The third-order valence-corrected chi connectivity index (χ3v) is 3.02. The Kier molecular flexibility index (Phi) is 18.7. The zero-order valence-electron chi connectivity index (χ0n) is 13.5. The van der Waals surface area contributed by atoms with Gasteiger partial charge in [-0.15, -0.1) is 0 Å². The van der Waals surface area contributed by atoms with Gasteiger partial charge in [0.25, 0.3) is 0 Å². The fourth-order valence-electron chi connectivity index (χ4n) is 2.14. The molecule has 0 unspecified atom stereocenters. The molecule has 0 aliphatic rings. The number of halogens is 2. The molecule has 2 rings (SSSR count). The van der Waals surface area contributed by atoms with Crippen LogP contribution in [0.4, 0.5) is 0 Å². The second-order valence-corrected chi connectivity index (χ2v) is 5.09. The summed E-state index contributed by atoms with van der Waals surface area (Å²) in [6.07, 6.45) is 4.97. The van der Waals surface area contributed by atoms with E-state index in [1.807, 2.05) is 0 Å². The largest absolute Gasteiger partial charge is 4.00 e. The van der Waals surface area contributed by atoms with Crippen molar-refractivity contribution in [2.24, 2.45) is 0 Å². The first-order valence-corrected chi connectivity index (χ1v) is 7.10. The first kappa shape index (κ1) is 26.1. The number of hydrogen-bond donors (Lipinski definition) is 0. The molecule has 0 aliphatic heterocycles. The van der Waals surface area contributed by atoms with Crippen molar-refractivity contribution in [1.29, 1.82) is 0 Å². The van der Waals surface area contributed by atoms with Crippen LogP contribution in [0.25, 0.3) is 0 Å². The van der Waals surface area contributed by atoms with Crippen LogP contribution in [0.1, 0.15) is 48.9 Å². The van der Waals surface area contributed by atoms with Gasteiger partial charge in [-0.3, -0.25) is 0 Å². The Hall–Kier alpha value is 0.150. The maximum Gasteiger partial charge on any atom is 4.00 e. The van der Waals surface area contributed by atoms with Crippen molar-refractivity contribution in [1.82, 2.24) is 0 Å².